The maximum absolute atomic E-state index is 13.6. The van der Waals surface area contributed by atoms with Gasteiger partial charge in [-0.2, -0.15) is 26.3 Å². The smallest absolute Gasteiger partial charge is 0.416 e. The Labute approximate surface area is 245 Å². The SMILES string of the molecule is CC[C@@H]1C[C@H](N(Cc2cc(C(F)(F)F)cc(C(F)(F)F)c2)c2ncc(C(C=NC)=CN)cn2)CN1C(=O)OC1CCCC1. The molecule has 234 valence electrons. The normalized spacial score (nSPS) is 20.3. The van der Waals surface area contributed by atoms with Crippen molar-refractivity contribution in [1.29, 1.82) is 0 Å². The Bertz CT molecular complexity index is 1290. The van der Waals surface area contributed by atoms with Gasteiger partial charge in [0.25, 0.3) is 0 Å². The van der Waals surface area contributed by atoms with Crippen molar-refractivity contribution in [1.82, 2.24) is 14.9 Å². The zero-order chi connectivity index (χ0) is 31.4. The molecule has 0 spiro atoms. The molecule has 2 fully saturated rings. The van der Waals surface area contributed by atoms with Crippen LogP contribution in [-0.4, -0.2) is 59.0 Å². The largest absolute Gasteiger partial charge is 0.446 e. The molecule has 2 heterocycles. The highest BCUT2D eigenvalue weighted by atomic mass is 19.4. The maximum atomic E-state index is 13.6. The van der Waals surface area contributed by atoms with Crippen LogP contribution in [0.1, 0.15) is 67.7 Å². The molecular weight excluding hydrogens is 578 g/mol. The second kappa shape index (κ2) is 13.2. The van der Waals surface area contributed by atoms with Crippen molar-refractivity contribution in [2.75, 3.05) is 18.5 Å². The minimum Gasteiger partial charge on any atom is -0.446 e. The zero-order valence-electron chi connectivity index (χ0n) is 23.8. The highest BCUT2D eigenvalue weighted by Crippen LogP contribution is 2.37. The molecule has 4 rings (SSSR count). The first-order valence-corrected chi connectivity index (χ1v) is 14.0. The van der Waals surface area contributed by atoms with E-state index in [1.165, 1.54) is 24.8 Å². The van der Waals surface area contributed by atoms with Crippen LogP contribution in [0.4, 0.5) is 37.1 Å². The van der Waals surface area contributed by atoms with Gasteiger partial charge in [0.1, 0.15) is 6.10 Å². The summed E-state index contributed by atoms with van der Waals surface area (Å²) < 4.78 is 87.5. The lowest BCUT2D eigenvalue weighted by molar-refractivity contribution is -0.143. The van der Waals surface area contributed by atoms with Crippen molar-refractivity contribution >= 4 is 23.8 Å². The average molecular weight is 613 g/mol. The molecule has 2 aliphatic rings. The van der Waals surface area contributed by atoms with E-state index >= 15 is 0 Å². The first-order valence-electron chi connectivity index (χ1n) is 14.0. The maximum Gasteiger partial charge on any atom is 0.416 e. The van der Waals surface area contributed by atoms with Crippen LogP contribution in [0, 0.1) is 0 Å². The number of hydrogen-bond donors (Lipinski definition) is 1. The van der Waals surface area contributed by atoms with E-state index in [9.17, 15) is 31.1 Å². The number of benzene rings is 1. The molecule has 2 aromatic rings. The van der Waals surface area contributed by atoms with E-state index in [4.69, 9.17) is 10.5 Å². The predicted octanol–water partition coefficient (Wildman–Crippen LogP) is 6.45. The van der Waals surface area contributed by atoms with Crippen molar-refractivity contribution in [3.05, 3.63) is 59.0 Å². The Morgan fingerprint density at radius 3 is 2.21 bits per heavy atom. The summed E-state index contributed by atoms with van der Waals surface area (Å²) in [4.78, 5) is 29.0. The number of carbonyl (C=O) groups excluding carboxylic acids is 1. The average Bonchev–Trinajstić information content (AvgIpc) is 3.64. The Balaban J connectivity index is 1.71. The Morgan fingerprint density at radius 1 is 1.09 bits per heavy atom. The zero-order valence-corrected chi connectivity index (χ0v) is 23.8. The van der Waals surface area contributed by atoms with Crippen LogP contribution in [-0.2, 0) is 23.6 Å². The highest BCUT2D eigenvalue weighted by molar-refractivity contribution is 6.09. The van der Waals surface area contributed by atoms with Crippen molar-refractivity contribution in [3.63, 3.8) is 0 Å². The molecule has 1 saturated heterocycles. The number of carbonyl (C=O) groups is 1. The second-order valence-corrected chi connectivity index (χ2v) is 10.7. The summed E-state index contributed by atoms with van der Waals surface area (Å²) in [6.45, 7) is 1.67. The number of allylic oxidation sites excluding steroid dienone is 1. The van der Waals surface area contributed by atoms with Crippen LogP contribution >= 0.6 is 0 Å². The van der Waals surface area contributed by atoms with Gasteiger partial charge < -0.3 is 20.3 Å². The number of likely N-dealkylation sites (tertiary alicyclic amines) is 1. The van der Waals surface area contributed by atoms with Crippen LogP contribution in [0.15, 0.2) is 41.8 Å². The summed E-state index contributed by atoms with van der Waals surface area (Å²) in [5.41, 5.74) is 3.64. The predicted molar refractivity (Wildman–Crippen MR) is 149 cm³/mol. The minimum atomic E-state index is -4.99. The third-order valence-electron chi connectivity index (χ3n) is 7.79. The van der Waals surface area contributed by atoms with E-state index < -0.39 is 35.6 Å². The standard InChI is InChI=1S/C29H34F6N6O2/c1-3-23-11-24(17-41(23)27(42)43-25-6-4-5-7-25)40(26-38-14-20(15-39-26)19(12-36)13-37-2)16-18-8-21(28(30,31)32)10-22(9-18)29(33,34)35/h8-10,12-15,23-25H,3-7,11,16-17,36H2,1-2H3/t23-,24+/m1/s1. The van der Waals surface area contributed by atoms with Gasteiger partial charge in [-0.05, 0) is 62.3 Å². The van der Waals surface area contributed by atoms with Gasteiger partial charge in [-0.15, -0.1) is 0 Å². The van der Waals surface area contributed by atoms with Gasteiger partial charge in [-0.3, -0.25) is 4.99 Å². The fourth-order valence-corrected chi connectivity index (χ4v) is 5.59. The molecule has 2 N–H and O–H groups in total. The molecule has 1 aliphatic carbocycles. The fraction of sp³-hybridized carbons (Fsp3) is 0.517. The summed E-state index contributed by atoms with van der Waals surface area (Å²) in [7, 11) is 1.55. The summed E-state index contributed by atoms with van der Waals surface area (Å²) in [5, 5.41) is 0. The van der Waals surface area contributed by atoms with Gasteiger partial charge in [0.05, 0.1) is 17.2 Å². The number of amides is 1. The van der Waals surface area contributed by atoms with Crippen molar-refractivity contribution in [3.8, 4) is 0 Å². The molecule has 1 saturated carbocycles. The molecule has 1 aliphatic heterocycles. The number of ether oxygens (including phenoxy) is 1. The first-order chi connectivity index (χ1) is 20.3. The van der Waals surface area contributed by atoms with Gasteiger partial charge in [0.15, 0.2) is 0 Å². The van der Waals surface area contributed by atoms with E-state index in [2.05, 4.69) is 15.0 Å². The van der Waals surface area contributed by atoms with E-state index in [1.54, 1.807) is 16.8 Å². The van der Waals surface area contributed by atoms with Crippen LogP contribution in [0.2, 0.25) is 0 Å². The molecule has 1 aromatic heterocycles. The van der Waals surface area contributed by atoms with E-state index in [1.807, 2.05) is 6.92 Å². The Hall–Kier alpha value is -3.84. The molecule has 1 amide bonds. The van der Waals surface area contributed by atoms with E-state index in [0.29, 0.717) is 36.1 Å². The molecule has 0 unspecified atom stereocenters. The topological polar surface area (TPSA) is 96.9 Å². The minimum absolute atomic E-state index is 0.0744. The molecule has 0 bridgehead atoms. The van der Waals surface area contributed by atoms with E-state index in [0.717, 1.165) is 25.7 Å². The summed E-state index contributed by atoms with van der Waals surface area (Å²) in [6, 6.07) is 0.723. The number of aromatic nitrogens is 2. The van der Waals surface area contributed by atoms with Crippen LogP contribution in [0.25, 0.3) is 5.57 Å². The number of hydrogen-bond acceptors (Lipinski definition) is 7. The van der Waals surface area contributed by atoms with Crippen molar-refractivity contribution in [2.24, 2.45) is 10.7 Å². The molecule has 2 atom stereocenters. The van der Waals surface area contributed by atoms with Gasteiger partial charge in [-0.1, -0.05) is 6.92 Å². The third-order valence-corrected chi connectivity index (χ3v) is 7.79. The lowest BCUT2D eigenvalue weighted by atomic mass is 10.0. The van der Waals surface area contributed by atoms with E-state index in [-0.39, 0.29) is 42.8 Å². The highest BCUT2D eigenvalue weighted by Gasteiger charge is 2.41. The van der Waals surface area contributed by atoms with Gasteiger partial charge in [-0.25, -0.2) is 14.8 Å². The molecule has 14 heteroatoms. The number of alkyl halides is 6. The molecule has 8 nitrogen and oxygen atoms in total. The molecule has 1 aromatic carbocycles. The van der Waals surface area contributed by atoms with Crippen LogP contribution < -0.4 is 10.6 Å². The molecular formula is C29H34F6N6O2. The quantitative estimate of drug-likeness (QED) is 0.272. The third kappa shape index (κ3) is 7.77. The van der Waals surface area contributed by atoms with Gasteiger partial charge in [0, 0.05) is 62.1 Å². The number of nitrogens with zero attached hydrogens (tertiary/aromatic N) is 5. The Morgan fingerprint density at radius 2 is 1.70 bits per heavy atom. The summed E-state index contributed by atoms with van der Waals surface area (Å²) in [6.07, 6.45) is -0.463. The van der Waals surface area contributed by atoms with Crippen molar-refractivity contribution < 1.29 is 35.9 Å². The number of halogens is 6. The van der Waals surface area contributed by atoms with Gasteiger partial charge in [0.2, 0.25) is 5.95 Å². The first kappa shape index (κ1) is 32.1. The monoisotopic (exact) mass is 612 g/mol. The van der Waals surface area contributed by atoms with Gasteiger partial charge >= 0.3 is 18.4 Å². The number of nitrogens with two attached hydrogens (primary N) is 1. The number of anilines is 1. The van der Waals surface area contributed by atoms with Crippen molar-refractivity contribution in [2.45, 2.75) is 82.5 Å². The lowest BCUT2D eigenvalue weighted by Gasteiger charge is -2.30. The van der Waals surface area contributed by atoms with Crippen LogP contribution in [0.3, 0.4) is 0 Å². The summed E-state index contributed by atoms with van der Waals surface area (Å²) in [5.74, 6) is 0.0744. The second-order valence-electron chi connectivity index (χ2n) is 10.7. The number of aliphatic imine (C=N–C) groups is 1. The molecule has 43 heavy (non-hydrogen) atoms. The lowest BCUT2D eigenvalue weighted by Crippen LogP contribution is -2.41. The summed E-state index contributed by atoms with van der Waals surface area (Å²) >= 11 is 0. The van der Waals surface area contributed by atoms with Crippen LogP contribution in [0.5, 0.6) is 0 Å². The molecule has 0 radical (unpaired) electrons. The Kier molecular flexibility index (Phi) is 9.86. The fourth-order valence-electron chi connectivity index (χ4n) is 5.59. The number of rotatable bonds is 8.